The number of esters is 1. The smallest absolute Gasteiger partial charge is 0.325 e. The largest absolute Gasteiger partial charge is 0.465 e. The maximum absolute atomic E-state index is 12.2. The molecule has 236 valence electrons. The molecule has 1 saturated heterocycles. The first-order chi connectivity index (χ1) is 21.9. The van der Waals surface area contributed by atoms with Crippen LogP contribution in [0.5, 0.6) is 0 Å². The zero-order valence-electron chi connectivity index (χ0n) is 25.2. The normalized spacial score (nSPS) is 17.9. The number of benzene rings is 3. The summed E-state index contributed by atoms with van der Waals surface area (Å²) in [6, 6.07) is 23.2. The molecule has 3 N–H and O–H groups in total. The first-order valence-corrected chi connectivity index (χ1v) is 15.7. The molecular formula is C33H37N5O6S. The molecule has 2 amide bonds. The Morgan fingerprint density at radius 1 is 1.02 bits per heavy atom. The predicted molar refractivity (Wildman–Crippen MR) is 169 cm³/mol. The molecule has 0 aliphatic carbocycles. The van der Waals surface area contributed by atoms with E-state index in [4.69, 9.17) is 14.2 Å². The number of aliphatic hydroxyl groups excluding tert-OH is 1. The van der Waals surface area contributed by atoms with Crippen molar-refractivity contribution >= 4 is 23.8 Å². The Bertz CT molecular complexity index is 1560. The van der Waals surface area contributed by atoms with Crippen LogP contribution in [0.1, 0.15) is 48.0 Å². The van der Waals surface area contributed by atoms with Crippen molar-refractivity contribution in [3.8, 4) is 11.1 Å². The quantitative estimate of drug-likeness (QED) is 0.150. The first kappa shape index (κ1) is 32.2. The number of ether oxygens (including phenoxy) is 3. The number of nitrogens with one attached hydrogen (secondary N) is 2. The van der Waals surface area contributed by atoms with Gasteiger partial charge in [0.25, 0.3) is 0 Å². The zero-order valence-corrected chi connectivity index (χ0v) is 26.0. The number of aryl methyl sites for hydroxylation is 1. The van der Waals surface area contributed by atoms with Crippen molar-refractivity contribution in [1.82, 2.24) is 25.4 Å². The number of carbonyl (C=O) groups excluding carboxylic acids is 2. The van der Waals surface area contributed by atoms with Crippen LogP contribution < -0.4 is 10.6 Å². The highest BCUT2D eigenvalue weighted by Gasteiger charge is 2.32. The number of urea groups is 1. The van der Waals surface area contributed by atoms with Crippen molar-refractivity contribution in [2.45, 2.75) is 50.2 Å². The maximum Gasteiger partial charge on any atom is 0.325 e. The van der Waals surface area contributed by atoms with Gasteiger partial charge in [0.15, 0.2) is 11.4 Å². The van der Waals surface area contributed by atoms with Crippen LogP contribution in [0.25, 0.3) is 11.1 Å². The van der Waals surface area contributed by atoms with Gasteiger partial charge >= 0.3 is 12.0 Å². The Balaban J connectivity index is 1.28. The minimum absolute atomic E-state index is 0.0112. The highest BCUT2D eigenvalue weighted by molar-refractivity contribution is 7.99. The molecule has 45 heavy (non-hydrogen) atoms. The summed E-state index contributed by atoms with van der Waals surface area (Å²) in [5.41, 5.74) is 5.63. The van der Waals surface area contributed by atoms with E-state index in [1.54, 1.807) is 25.0 Å². The van der Waals surface area contributed by atoms with Crippen LogP contribution in [0.2, 0.25) is 0 Å². The zero-order chi connectivity index (χ0) is 31.6. The molecule has 1 aromatic heterocycles. The lowest BCUT2D eigenvalue weighted by Crippen LogP contribution is -2.38. The van der Waals surface area contributed by atoms with E-state index in [1.165, 1.54) is 0 Å². The minimum atomic E-state index is -0.583. The second-order valence-electron chi connectivity index (χ2n) is 10.5. The minimum Gasteiger partial charge on any atom is -0.465 e. The lowest BCUT2D eigenvalue weighted by molar-refractivity contribution is -0.245. The summed E-state index contributed by atoms with van der Waals surface area (Å²) in [4.78, 5) is 23.8. The van der Waals surface area contributed by atoms with E-state index >= 15 is 0 Å². The Hall–Kier alpha value is -4.23. The van der Waals surface area contributed by atoms with Gasteiger partial charge < -0.3 is 34.5 Å². The highest BCUT2D eigenvalue weighted by atomic mass is 32.2. The molecule has 2 heterocycles. The molecule has 1 aliphatic rings. The van der Waals surface area contributed by atoms with Gasteiger partial charge in [-0.15, -0.1) is 10.2 Å². The van der Waals surface area contributed by atoms with Crippen molar-refractivity contribution in [2.75, 3.05) is 18.9 Å². The summed E-state index contributed by atoms with van der Waals surface area (Å²) < 4.78 is 19.7. The predicted octanol–water partition coefficient (Wildman–Crippen LogP) is 4.67. The van der Waals surface area contributed by atoms with Gasteiger partial charge in [0.05, 0.1) is 25.4 Å². The summed E-state index contributed by atoms with van der Waals surface area (Å²) in [5.74, 6) is 0.198. The van der Waals surface area contributed by atoms with Crippen molar-refractivity contribution < 1.29 is 28.9 Å². The Kier molecular flexibility index (Phi) is 11.2. The van der Waals surface area contributed by atoms with Crippen LogP contribution in [-0.4, -0.2) is 56.9 Å². The van der Waals surface area contributed by atoms with Gasteiger partial charge in [0, 0.05) is 31.3 Å². The third-order valence-electron chi connectivity index (χ3n) is 7.33. The number of rotatable bonds is 12. The lowest BCUT2D eigenvalue weighted by atomic mass is 9.98. The SMILES string of the molecule is CCOC(=O)CNC(=O)NCc1ccccc1-c1ccc([C@@H]2O[C@H](CSc3nncn3C)C[C@H](c3ccc(CO)cc3)O2)cc1. The van der Waals surface area contributed by atoms with Gasteiger partial charge in [-0.05, 0) is 34.7 Å². The van der Waals surface area contributed by atoms with Gasteiger partial charge in [-0.3, -0.25) is 4.79 Å². The van der Waals surface area contributed by atoms with Crippen molar-refractivity contribution in [3.05, 3.63) is 101 Å². The molecule has 0 unspecified atom stereocenters. The van der Waals surface area contributed by atoms with Gasteiger partial charge in [0.2, 0.25) is 0 Å². The van der Waals surface area contributed by atoms with Crippen LogP contribution in [-0.2, 0) is 39.2 Å². The number of aromatic nitrogens is 3. The molecule has 3 aromatic carbocycles. The molecule has 0 spiro atoms. The van der Waals surface area contributed by atoms with E-state index in [0.29, 0.717) is 12.2 Å². The number of aliphatic hydroxyl groups is 1. The fraction of sp³-hybridized carbons (Fsp3) is 0.333. The summed E-state index contributed by atoms with van der Waals surface area (Å²) >= 11 is 1.59. The molecular weight excluding hydrogens is 594 g/mol. The second-order valence-corrected chi connectivity index (χ2v) is 11.5. The average Bonchev–Trinajstić information content (AvgIpc) is 3.50. The number of thioether (sulfide) groups is 1. The average molecular weight is 632 g/mol. The van der Waals surface area contributed by atoms with Crippen molar-refractivity contribution in [1.29, 1.82) is 0 Å². The van der Waals surface area contributed by atoms with Gasteiger partial charge in [-0.1, -0.05) is 84.6 Å². The highest BCUT2D eigenvalue weighted by Crippen LogP contribution is 2.39. The van der Waals surface area contributed by atoms with Crippen LogP contribution in [0, 0.1) is 0 Å². The maximum atomic E-state index is 12.2. The summed E-state index contributed by atoms with van der Waals surface area (Å²) in [5, 5.41) is 23.8. The van der Waals surface area contributed by atoms with Gasteiger partial charge in [0.1, 0.15) is 12.9 Å². The Morgan fingerprint density at radius 3 is 2.49 bits per heavy atom. The van der Waals surface area contributed by atoms with Crippen LogP contribution >= 0.6 is 11.8 Å². The first-order valence-electron chi connectivity index (χ1n) is 14.8. The molecule has 4 aromatic rings. The number of nitrogens with zero attached hydrogens (tertiary/aromatic N) is 3. The van der Waals surface area contributed by atoms with Crippen LogP contribution in [0.4, 0.5) is 4.79 Å². The molecule has 0 bridgehead atoms. The monoisotopic (exact) mass is 631 g/mol. The van der Waals surface area contributed by atoms with E-state index in [0.717, 1.165) is 38.5 Å². The molecule has 1 aliphatic heterocycles. The molecule has 3 atom stereocenters. The Morgan fingerprint density at radius 2 is 1.78 bits per heavy atom. The van der Waals surface area contributed by atoms with Crippen LogP contribution in [0.3, 0.4) is 0 Å². The van der Waals surface area contributed by atoms with E-state index in [9.17, 15) is 14.7 Å². The second kappa shape index (κ2) is 15.7. The number of carbonyl (C=O) groups is 2. The third-order valence-corrected chi connectivity index (χ3v) is 8.50. The van der Waals surface area contributed by atoms with E-state index in [1.807, 2.05) is 84.4 Å². The molecule has 0 saturated carbocycles. The van der Waals surface area contributed by atoms with E-state index in [2.05, 4.69) is 20.8 Å². The summed E-state index contributed by atoms with van der Waals surface area (Å²) in [6.45, 7) is 2.05. The Labute approximate surface area is 266 Å². The van der Waals surface area contributed by atoms with E-state index < -0.39 is 18.3 Å². The van der Waals surface area contributed by atoms with E-state index in [-0.39, 0.29) is 38.5 Å². The van der Waals surface area contributed by atoms with Crippen molar-refractivity contribution in [3.63, 3.8) is 0 Å². The molecule has 11 nitrogen and oxygen atoms in total. The van der Waals surface area contributed by atoms with Crippen molar-refractivity contribution in [2.24, 2.45) is 7.05 Å². The summed E-state index contributed by atoms with van der Waals surface area (Å²) in [7, 11) is 1.91. The number of hydrogen-bond donors (Lipinski definition) is 3. The van der Waals surface area contributed by atoms with Crippen LogP contribution in [0.15, 0.2) is 84.3 Å². The summed E-state index contributed by atoms with van der Waals surface area (Å²) in [6.07, 6.45) is 1.47. The molecule has 0 radical (unpaired) electrons. The molecule has 1 fully saturated rings. The number of amides is 2. The van der Waals surface area contributed by atoms with Gasteiger partial charge in [-0.2, -0.15) is 0 Å². The topological polar surface area (TPSA) is 137 Å². The fourth-order valence-electron chi connectivity index (χ4n) is 4.97. The standard InChI is InChI=1S/C33H37N5O6S/c1-3-42-30(40)18-35-32(41)34-17-26-6-4-5-7-28(26)23-12-14-25(15-13-23)31-43-27(20-45-33-37-36-21-38(33)2)16-29(44-31)24-10-8-22(19-39)9-11-24/h4-15,21,27,29,31,39H,3,16-20H2,1-2H3,(H2,34,35,41)/t27-,29+,31+/m0/s1. The molecule has 5 rings (SSSR count). The van der Waals surface area contributed by atoms with Gasteiger partial charge in [-0.25, -0.2) is 4.79 Å². The number of hydrogen-bond acceptors (Lipinski definition) is 9. The lowest BCUT2D eigenvalue weighted by Gasteiger charge is -2.36. The fourth-order valence-corrected chi connectivity index (χ4v) is 5.88. The third kappa shape index (κ3) is 8.70. The molecule has 12 heteroatoms.